The second-order valence-corrected chi connectivity index (χ2v) is 7.06. The zero-order valence-electron chi connectivity index (χ0n) is 12.3. The lowest BCUT2D eigenvalue weighted by molar-refractivity contribution is 0.602. The van der Waals surface area contributed by atoms with E-state index in [1.807, 2.05) is 24.3 Å². The van der Waals surface area contributed by atoms with Gasteiger partial charge in [-0.1, -0.05) is 47.1 Å². The largest absolute Gasteiger partial charge is 0.443 e. The average Bonchev–Trinajstić information content (AvgIpc) is 3.20. The second-order valence-electron chi connectivity index (χ2n) is 5.14. The number of halogens is 2. The van der Waals surface area contributed by atoms with Gasteiger partial charge in [0.1, 0.15) is 5.52 Å². The van der Waals surface area contributed by atoms with Crippen LogP contribution in [0.15, 0.2) is 57.1 Å². The van der Waals surface area contributed by atoms with Crippen molar-refractivity contribution < 1.29 is 4.42 Å². The molecule has 0 saturated carbocycles. The number of rotatable bonds is 2. The molecule has 1 aliphatic heterocycles. The quantitative estimate of drug-likeness (QED) is 0.624. The molecule has 0 saturated heterocycles. The van der Waals surface area contributed by atoms with E-state index in [1.54, 1.807) is 23.9 Å². The fourth-order valence-corrected chi connectivity index (χ4v) is 3.70. The highest BCUT2D eigenvalue weighted by Crippen LogP contribution is 2.34. The Bertz CT molecular complexity index is 961. The van der Waals surface area contributed by atoms with Gasteiger partial charge in [-0.2, -0.15) is 0 Å². The monoisotopic (exact) mass is 375 g/mol. The summed E-state index contributed by atoms with van der Waals surface area (Å²) in [6.45, 7) is 0.615. The van der Waals surface area contributed by atoms with Gasteiger partial charge < -0.3 is 9.73 Å². The lowest BCUT2D eigenvalue weighted by Gasteiger charge is -2.09. The summed E-state index contributed by atoms with van der Waals surface area (Å²) in [4.78, 5) is 9.73. The maximum Gasteiger partial charge on any atom is 0.181 e. The SMILES string of the molecule is Clc1cccc(Cl)c1NC1=NCC(=Cc2ccc3ncoc3c2)S1. The highest BCUT2D eigenvalue weighted by molar-refractivity contribution is 8.17. The predicted molar refractivity (Wildman–Crippen MR) is 102 cm³/mol. The highest BCUT2D eigenvalue weighted by atomic mass is 35.5. The lowest BCUT2D eigenvalue weighted by Crippen LogP contribution is -2.05. The molecule has 1 aromatic heterocycles. The average molecular weight is 376 g/mol. The van der Waals surface area contributed by atoms with E-state index in [2.05, 4.69) is 21.4 Å². The third kappa shape index (κ3) is 3.15. The standard InChI is InChI=1S/C17H11Cl2N3OS/c18-12-2-1-3-13(19)16(12)22-17-20-8-11(24-17)6-10-4-5-14-15(7-10)23-9-21-14/h1-7,9H,8H2,(H,20,22). The molecule has 0 amide bonds. The Labute approximate surface area is 152 Å². The van der Waals surface area contributed by atoms with Gasteiger partial charge in [0, 0.05) is 4.91 Å². The van der Waals surface area contributed by atoms with Crippen LogP contribution in [0.5, 0.6) is 0 Å². The predicted octanol–water partition coefficient (Wildman–Crippen LogP) is 5.69. The molecular formula is C17H11Cl2N3OS. The number of nitrogens with one attached hydrogen (secondary N) is 1. The van der Waals surface area contributed by atoms with Gasteiger partial charge >= 0.3 is 0 Å². The number of aromatic nitrogens is 1. The zero-order chi connectivity index (χ0) is 16.5. The summed E-state index contributed by atoms with van der Waals surface area (Å²) < 4.78 is 5.33. The minimum absolute atomic E-state index is 0.569. The molecule has 0 atom stereocenters. The Hall–Kier alpha value is -1.95. The van der Waals surface area contributed by atoms with Gasteiger partial charge in [0.25, 0.3) is 0 Å². The highest BCUT2D eigenvalue weighted by Gasteiger charge is 2.16. The molecule has 0 aliphatic carbocycles. The molecule has 0 bridgehead atoms. The third-order valence-corrected chi connectivity index (χ3v) is 5.05. The molecule has 2 aromatic carbocycles. The van der Waals surface area contributed by atoms with Crippen LogP contribution in [0.25, 0.3) is 17.2 Å². The van der Waals surface area contributed by atoms with Crippen LogP contribution in [0.1, 0.15) is 5.56 Å². The summed E-state index contributed by atoms with van der Waals surface area (Å²) in [5.41, 5.74) is 3.35. The third-order valence-electron chi connectivity index (χ3n) is 3.48. The Kier molecular flexibility index (Phi) is 4.22. The fraction of sp³-hybridized carbons (Fsp3) is 0.0588. The van der Waals surface area contributed by atoms with Crippen LogP contribution in [0.3, 0.4) is 0 Å². The number of amidine groups is 1. The maximum atomic E-state index is 6.18. The number of hydrogen-bond donors (Lipinski definition) is 1. The molecule has 0 fully saturated rings. The van der Waals surface area contributed by atoms with Crippen molar-refractivity contribution in [1.82, 2.24) is 4.98 Å². The first-order chi connectivity index (χ1) is 11.7. The summed E-state index contributed by atoms with van der Waals surface area (Å²) >= 11 is 13.9. The van der Waals surface area contributed by atoms with Crippen molar-refractivity contribution in [1.29, 1.82) is 0 Å². The van der Waals surface area contributed by atoms with Crippen LogP contribution in [0.2, 0.25) is 10.0 Å². The van der Waals surface area contributed by atoms with Crippen LogP contribution in [-0.4, -0.2) is 16.7 Å². The number of aliphatic imine (C=N–C) groups is 1. The van der Waals surface area contributed by atoms with Gasteiger partial charge in [-0.25, -0.2) is 4.98 Å². The van der Waals surface area contributed by atoms with E-state index >= 15 is 0 Å². The van der Waals surface area contributed by atoms with Crippen molar-refractivity contribution in [3.63, 3.8) is 0 Å². The first-order valence-electron chi connectivity index (χ1n) is 7.16. The smallest absolute Gasteiger partial charge is 0.181 e. The van der Waals surface area contributed by atoms with E-state index in [9.17, 15) is 0 Å². The molecule has 4 nitrogen and oxygen atoms in total. The molecular weight excluding hydrogens is 365 g/mol. The van der Waals surface area contributed by atoms with Crippen LogP contribution < -0.4 is 5.32 Å². The number of hydrogen-bond acceptors (Lipinski definition) is 5. The maximum absolute atomic E-state index is 6.18. The van der Waals surface area contributed by atoms with Gasteiger partial charge in [0.05, 0.1) is 22.3 Å². The van der Waals surface area contributed by atoms with Crippen molar-refractivity contribution in [3.8, 4) is 0 Å². The first kappa shape index (κ1) is 15.6. The van der Waals surface area contributed by atoms with Gasteiger partial charge in [0.2, 0.25) is 0 Å². The van der Waals surface area contributed by atoms with Crippen LogP contribution >= 0.6 is 35.0 Å². The summed E-state index contributed by atoms with van der Waals surface area (Å²) in [7, 11) is 0. The Balaban J connectivity index is 1.51. The van der Waals surface area contributed by atoms with E-state index < -0.39 is 0 Å². The summed E-state index contributed by atoms with van der Waals surface area (Å²) in [6.07, 6.45) is 3.53. The fourth-order valence-electron chi connectivity index (χ4n) is 2.35. The molecule has 0 unspecified atom stereocenters. The number of oxazole rings is 1. The van der Waals surface area contributed by atoms with Crippen molar-refractivity contribution in [2.45, 2.75) is 0 Å². The number of fused-ring (bicyclic) bond motifs is 1. The molecule has 2 heterocycles. The second kappa shape index (κ2) is 6.51. The topological polar surface area (TPSA) is 50.4 Å². The number of nitrogens with zero attached hydrogens (tertiary/aromatic N) is 2. The first-order valence-corrected chi connectivity index (χ1v) is 8.73. The number of anilines is 1. The Morgan fingerprint density at radius 1 is 1.17 bits per heavy atom. The molecule has 4 rings (SSSR count). The molecule has 3 aromatic rings. The van der Waals surface area contributed by atoms with Gasteiger partial charge in [0.15, 0.2) is 17.1 Å². The van der Waals surface area contributed by atoms with E-state index in [0.717, 1.165) is 26.7 Å². The Morgan fingerprint density at radius 3 is 2.83 bits per heavy atom. The van der Waals surface area contributed by atoms with E-state index in [4.69, 9.17) is 27.6 Å². The van der Waals surface area contributed by atoms with Crippen LogP contribution in [-0.2, 0) is 0 Å². The van der Waals surface area contributed by atoms with Crippen molar-refractivity contribution in [3.05, 3.63) is 63.3 Å². The summed E-state index contributed by atoms with van der Waals surface area (Å²) in [6, 6.07) is 11.3. The number of benzene rings is 2. The van der Waals surface area contributed by atoms with Crippen molar-refractivity contribution in [2.75, 3.05) is 11.9 Å². The summed E-state index contributed by atoms with van der Waals surface area (Å²) in [5, 5.41) is 5.11. The van der Waals surface area contributed by atoms with E-state index in [0.29, 0.717) is 22.3 Å². The van der Waals surface area contributed by atoms with Crippen molar-refractivity contribution >= 4 is 63.0 Å². The molecule has 0 spiro atoms. The molecule has 120 valence electrons. The zero-order valence-corrected chi connectivity index (χ0v) is 14.6. The molecule has 7 heteroatoms. The molecule has 24 heavy (non-hydrogen) atoms. The van der Waals surface area contributed by atoms with Gasteiger partial charge in [-0.15, -0.1) is 0 Å². The lowest BCUT2D eigenvalue weighted by atomic mass is 10.2. The normalized spacial score (nSPS) is 15.9. The molecule has 1 N–H and O–H groups in total. The molecule has 0 radical (unpaired) electrons. The van der Waals surface area contributed by atoms with Crippen LogP contribution in [0, 0.1) is 0 Å². The Morgan fingerprint density at radius 2 is 2.00 bits per heavy atom. The van der Waals surface area contributed by atoms with Gasteiger partial charge in [-0.05, 0) is 35.9 Å². The summed E-state index contributed by atoms with van der Waals surface area (Å²) in [5.74, 6) is 0. The minimum Gasteiger partial charge on any atom is -0.443 e. The number of para-hydroxylation sites is 1. The van der Waals surface area contributed by atoms with Gasteiger partial charge in [-0.3, -0.25) is 4.99 Å². The van der Waals surface area contributed by atoms with E-state index in [-0.39, 0.29) is 0 Å². The molecule has 1 aliphatic rings. The van der Waals surface area contributed by atoms with Crippen molar-refractivity contribution in [2.24, 2.45) is 4.99 Å². The van der Waals surface area contributed by atoms with Crippen LogP contribution in [0.4, 0.5) is 5.69 Å². The number of thioether (sulfide) groups is 1. The van der Waals surface area contributed by atoms with E-state index in [1.165, 1.54) is 6.39 Å². The minimum atomic E-state index is 0.569.